The van der Waals surface area contributed by atoms with Crippen LogP contribution in [0.2, 0.25) is 0 Å². The molecule has 0 fully saturated rings. The van der Waals surface area contributed by atoms with Gasteiger partial charge < -0.3 is 10.2 Å². The van der Waals surface area contributed by atoms with E-state index in [2.05, 4.69) is 45.0 Å². The highest BCUT2D eigenvalue weighted by Crippen LogP contribution is 2.34. The number of nitrogens with one attached hydrogen (secondary N) is 1. The molecule has 3 nitrogen and oxygen atoms in total. The second kappa shape index (κ2) is 8.15. The van der Waals surface area contributed by atoms with Gasteiger partial charge in [0, 0.05) is 24.9 Å². The highest BCUT2D eigenvalue weighted by atomic mass is 32.2. The number of rotatable bonds is 7. The number of hydrogen-bond acceptors (Lipinski definition) is 4. The minimum Gasteiger partial charge on any atom is -0.365 e. The molecular weight excluding hydrogens is 254 g/mol. The first-order chi connectivity index (χ1) is 9.03. The minimum atomic E-state index is 0.452. The first kappa shape index (κ1) is 16.8. The van der Waals surface area contributed by atoms with E-state index >= 15 is 0 Å². The molecule has 0 aliphatic carbocycles. The summed E-state index contributed by atoms with van der Waals surface area (Å²) in [4.78, 5) is 7.12. The molecule has 0 spiro atoms. The summed E-state index contributed by atoms with van der Waals surface area (Å²) in [6.07, 6.45) is 3.67. The molecule has 0 atom stereocenters. The lowest BCUT2D eigenvalue weighted by molar-refractivity contribution is 0.271. The molecular formula is C15H31N3S. The Hall–Kier alpha value is -0.220. The number of aliphatic imine (C=N–C) groups is 1. The van der Waals surface area contributed by atoms with Gasteiger partial charge in [0.05, 0.1) is 0 Å². The van der Waals surface area contributed by atoms with E-state index < -0.39 is 0 Å². The highest BCUT2D eigenvalue weighted by molar-refractivity contribution is 8.13. The van der Waals surface area contributed by atoms with Gasteiger partial charge in [-0.15, -0.1) is 0 Å². The summed E-state index contributed by atoms with van der Waals surface area (Å²) in [6, 6.07) is 0.635. The van der Waals surface area contributed by atoms with Crippen molar-refractivity contribution in [1.82, 2.24) is 10.2 Å². The Bertz CT molecular complexity index is 285. The SMILES string of the molecule is CCC1(CC)CN=C(NCCCN(C)C(C)C)SC1. The van der Waals surface area contributed by atoms with Crippen molar-refractivity contribution in [2.24, 2.45) is 10.4 Å². The van der Waals surface area contributed by atoms with Gasteiger partial charge in [-0.25, -0.2) is 0 Å². The Morgan fingerprint density at radius 2 is 2.05 bits per heavy atom. The van der Waals surface area contributed by atoms with Gasteiger partial charge in [0.25, 0.3) is 0 Å². The summed E-state index contributed by atoms with van der Waals surface area (Å²) >= 11 is 1.91. The van der Waals surface area contributed by atoms with Gasteiger partial charge in [0.15, 0.2) is 5.17 Å². The van der Waals surface area contributed by atoms with E-state index in [0.717, 1.165) is 24.8 Å². The number of nitrogens with zero attached hydrogens (tertiary/aromatic N) is 2. The average Bonchev–Trinajstić information content (AvgIpc) is 2.44. The molecule has 0 aromatic rings. The van der Waals surface area contributed by atoms with Crippen LogP contribution in [0.4, 0.5) is 0 Å². The van der Waals surface area contributed by atoms with Gasteiger partial charge in [0.1, 0.15) is 0 Å². The van der Waals surface area contributed by atoms with Gasteiger partial charge in [0.2, 0.25) is 0 Å². The maximum absolute atomic E-state index is 4.73. The topological polar surface area (TPSA) is 27.6 Å². The summed E-state index contributed by atoms with van der Waals surface area (Å²) in [5, 5.41) is 4.65. The van der Waals surface area contributed by atoms with Crippen LogP contribution in [0, 0.1) is 5.41 Å². The quantitative estimate of drug-likeness (QED) is 0.728. The molecule has 1 N–H and O–H groups in total. The number of amidine groups is 1. The molecule has 112 valence electrons. The molecule has 0 aromatic heterocycles. The van der Waals surface area contributed by atoms with Gasteiger partial charge in [-0.3, -0.25) is 4.99 Å². The summed E-state index contributed by atoms with van der Waals surface area (Å²) in [5.74, 6) is 1.22. The van der Waals surface area contributed by atoms with E-state index in [4.69, 9.17) is 4.99 Å². The van der Waals surface area contributed by atoms with Crippen molar-refractivity contribution in [2.75, 3.05) is 32.4 Å². The van der Waals surface area contributed by atoms with Crippen LogP contribution < -0.4 is 5.32 Å². The van der Waals surface area contributed by atoms with Crippen LogP contribution in [0.3, 0.4) is 0 Å². The largest absolute Gasteiger partial charge is 0.365 e. The molecule has 0 amide bonds. The Kier molecular flexibility index (Phi) is 7.22. The Morgan fingerprint density at radius 3 is 2.53 bits per heavy atom. The summed E-state index contributed by atoms with van der Waals surface area (Å²) in [5.41, 5.74) is 0.452. The number of thioether (sulfide) groups is 1. The van der Waals surface area contributed by atoms with Gasteiger partial charge in [-0.2, -0.15) is 0 Å². The van der Waals surface area contributed by atoms with Gasteiger partial charge >= 0.3 is 0 Å². The second-order valence-corrected chi connectivity index (χ2v) is 6.94. The van der Waals surface area contributed by atoms with E-state index in [9.17, 15) is 0 Å². The van der Waals surface area contributed by atoms with Crippen LogP contribution >= 0.6 is 11.8 Å². The van der Waals surface area contributed by atoms with E-state index in [0.29, 0.717) is 11.5 Å². The van der Waals surface area contributed by atoms with Crippen molar-refractivity contribution in [3.63, 3.8) is 0 Å². The summed E-state index contributed by atoms with van der Waals surface area (Å²) in [7, 11) is 2.19. The van der Waals surface area contributed by atoms with Crippen LogP contribution in [0.25, 0.3) is 0 Å². The standard InChI is InChI=1S/C15H31N3S/c1-6-15(7-2)11-17-14(19-12-15)16-9-8-10-18(5)13(3)4/h13H,6-12H2,1-5H3,(H,16,17). The third kappa shape index (κ3) is 5.35. The molecule has 1 aliphatic heterocycles. The zero-order valence-electron chi connectivity index (χ0n) is 13.3. The fourth-order valence-corrected chi connectivity index (χ4v) is 3.42. The fraction of sp³-hybridized carbons (Fsp3) is 0.933. The molecule has 1 heterocycles. The Balaban J connectivity index is 2.23. The van der Waals surface area contributed by atoms with Gasteiger partial charge in [-0.1, -0.05) is 25.6 Å². The van der Waals surface area contributed by atoms with Crippen molar-refractivity contribution in [1.29, 1.82) is 0 Å². The zero-order chi connectivity index (χ0) is 14.3. The molecule has 19 heavy (non-hydrogen) atoms. The molecule has 1 aliphatic rings. The van der Waals surface area contributed by atoms with Crippen molar-refractivity contribution in [3.8, 4) is 0 Å². The van der Waals surface area contributed by atoms with Crippen LogP contribution in [-0.2, 0) is 0 Å². The van der Waals surface area contributed by atoms with Crippen LogP contribution in [0.15, 0.2) is 4.99 Å². The smallest absolute Gasteiger partial charge is 0.156 e. The van der Waals surface area contributed by atoms with Crippen molar-refractivity contribution in [3.05, 3.63) is 0 Å². The first-order valence-electron chi connectivity index (χ1n) is 7.64. The first-order valence-corrected chi connectivity index (χ1v) is 8.63. The van der Waals surface area contributed by atoms with E-state index in [1.165, 1.54) is 25.0 Å². The van der Waals surface area contributed by atoms with Crippen LogP contribution in [-0.4, -0.2) is 48.5 Å². The van der Waals surface area contributed by atoms with E-state index in [1.807, 2.05) is 11.8 Å². The maximum atomic E-state index is 4.73. The molecule has 0 aromatic carbocycles. The van der Waals surface area contributed by atoms with E-state index in [-0.39, 0.29) is 0 Å². The lowest BCUT2D eigenvalue weighted by atomic mass is 9.84. The predicted octanol–water partition coefficient (Wildman–Crippen LogP) is 3.22. The lowest BCUT2D eigenvalue weighted by Crippen LogP contribution is -2.36. The average molecular weight is 286 g/mol. The lowest BCUT2D eigenvalue weighted by Gasteiger charge is -2.33. The minimum absolute atomic E-state index is 0.452. The summed E-state index contributed by atoms with van der Waals surface area (Å²) in [6.45, 7) is 12.2. The second-order valence-electron chi connectivity index (χ2n) is 5.97. The third-order valence-corrected chi connectivity index (χ3v) is 5.72. The summed E-state index contributed by atoms with van der Waals surface area (Å²) < 4.78 is 0. The van der Waals surface area contributed by atoms with Crippen molar-refractivity contribution < 1.29 is 0 Å². The zero-order valence-corrected chi connectivity index (χ0v) is 14.1. The Labute approximate surface area is 123 Å². The molecule has 0 saturated carbocycles. The molecule has 0 bridgehead atoms. The van der Waals surface area contributed by atoms with Crippen LogP contribution in [0.1, 0.15) is 47.0 Å². The molecule has 0 saturated heterocycles. The van der Waals surface area contributed by atoms with Crippen molar-refractivity contribution in [2.45, 2.75) is 53.0 Å². The monoisotopic (exact) mass is 285 g/mol. The van der Waals surface area contributed by atoms with Crippen LogP contribution in [0.5, 0.6) is 0 Å². The van der Waals surface area contributed by atoms with E-state index in [1.54, 1.807) is 0 Å². The maximum Gasteiger partial charge on any atom is 0.156 e. The molecule has 0 radical (unpaired) electrons. The van der Waals surface area contributed by atoms with Crippen molar-refractivity contribution >= 4 is 16.9 Å². The third-order valence-electron chi connectivity index (χ3n) is 4.42. The Morgan fingerprint density at radius 1 is 1.37 bits per heavy atom. The molecule has 0 unspecified atom stereocenters. The normalized spacial score (nSPS) is 18.8. The number of hydrogen-bond donors (Lipinski definition) is 1. The highest BCUT2D eigenvalue weighted by Gasteiger charge is 2.29. The molecule has 4 heteroatoms. The fourth-order valence-electron chi connectivity index (χ4n) is 2.12. The van der Waals surface area contributed by atoms with Gasteiger partial charge in [-0.05, 0) is 52.1 Å². The molecule has 1 rings (SSSR count). The predicted molar refractivity (Wildman–Crippen MR) is 88.2 cm³/mol.